The van der Waals surface area contributed by atoms with E-state index in [1.165, 1.54) is 42.4 Å². The van der Waals surface area contributed by atoms with Crippen LogP contribution >= 0.6 is 0 Å². The van der Waals surface area contributed by atoms with E-state index in [2.05, 4.69) is 32.0 Å². The van der Waals surface area contributed by atoms with E-state index in [0.29, 0.717) is 5.92 Å². The van der Waals surface area contributed by atoms with E-state index in [4.69, 9.17) is 0 Å². The van der Waals surface area contributed by atoms with Crippen LogP contribution in [0.15, 0.2) is 18.2 Å². The summed E-state index contributed by atoms with van der Waals surface area (Å²) in [6.07, 6.45) is 6.16. The molecule has 2 aliphatic carbocycles. The molecule has 1 N–H and O–H groups in total. The van der Waals surface area contributed by atoms with Crippen molar-refractivity contribution in [3.05, 3.63) is 34.9 Å². The van der Waals surface area contributed by atoms with Crippen molar-refractivity contribution in [3.8, 4) is 0 Å². The minimum atomic E-state index is -0.125. The zero-order chi connectivity index (χ0) is 12.7. The smallest absolute Gasteiger partial charge is 0.0611 e. The Bertz CT molecular complexity index is 417. The van der Waals surface area contributed by atoms with Crippen molar-refractivity contribution in [1.82, 2.24) is 0 Å². The fraction of sp³-hybridized carbons (Fsp3) is 0.647. The number of aliphatic hydroxyl groups excluding tert-OH is 1. The van der Waals surface area contributed by atoms with Crippen molar-refractivity contribution in [2.75, 3.05) is 0 Å². The van der Waals surface area contributed by atoms with Gasteiger partial charge in [0.05, 0.1) is 6.10 Å². The SMILES string of the molecule is Cc1cccc(C)c1CC(O)C1CC2CCC1C2. The highest BCUT2D eigenvalue weighted by Crippen LogP contribution is 2.50. The van der Waals surface area contributed by atoms with Gasteiger partial charge in [-0.15, -0.1) is 0 Å². The molecule has 2 fully saturated rings. The van der Waals surface area contributed by atoms with Crippen LogP contribution in [0.3, 0.4) is 0 Å². The molecular weight excluding hydrogens is 220 g/mol. The molecular formula is C17H24O. The molecule has 0 spiro atoms. The van der Waals surface area contributed by atoms with E-state index in [1.54, 1.807) is 0 Å². The number of hydrogen-bond donors (Lipinski definition) is 1. The summed E-state index contributed by atoms with van der Waals surface area (Å²) in [7, 11) is 0. The number of hydrogen-bond acceptors (Lipinski definition) is 1. The van der Waals surface area contributed by atoms with Gasteiger partial charge in [-0.3, -0.25) is 0 Å². The summed E-state index contributed by atoms with van der Waals surface area (Å²) in [6.45, 7) is 4.33. The quantitative estimate of drug-likeness (QED) is 0.860. The first-order chi connectivity index (χ1) is 8.65. The van der Waals surface area contributed by atoms with Gasteiger partial charge in [-0.25, -0.2) is 0 Å². The van der Waals surface area contributed by atoms with Crippen molar-refractivity contribution >= 4 is 0 Å². The molecule has 2 bridgehead atoms. The highest BCUT2D eigenvalue weighted by molar-refractivity contribution is 5.34. The molecule has 0 aliphatic heterocycles. The van der Waals surface area contributed by atoms with E-state index in [9.17, 15) is 5.11 Å². The number of aliphatic hydroxyl groups is 1. The molecule has 2 saturated carbocycles. The van der Waals surface area contributed by atoms with E-state index in [1.807, 2.05) is 0 Å². The van der Waals surface area contributed by atoms with Crippen LogP contribution in [0.1, 0.15) is 42.4 Å². The topological polar surface area (TPSA) is 20.2 Å². The van der Waals surface area contributed by atoms with Gasteiger partial charge in [0.25, 0.3) is 0 Å². The molecule has 0 saturated heterocycles. The minimum Gasteiger partial charge on any atom is -0.392 e. The lowest BCUT2D eigenvalue weighted by Gasteiger charge is -2.27. The molecule has 4 unspecified atom stereocenters. The fourth-order valence-corrected chi connectivity index (χ4v) is 4.30. The lowest BCUT2D eigenvalue weighted by Crippen LogP contribution is -2.28. The van der Waals surface area contributed by atoms with Crippen LogP contribution < -0.4 is 0 Å². The standard InChI is InChI=1S/C17H24O/c1-11-4-3-5-12(2)15(11)10-17(18)16-9-13-6-7-14(16)8-13/h3-5,13-14,16-18H,6-10H2,1-2H3. The van der Waals surface area contributed by atoms with E-state index < -0.39 is 0 Å². The molecule has 1 heteroatoms. The van der Waals surface area contributed by atoms with Crippen LogP contribution in [0, 0.1) is 31.6 Å². The largest absolute Gasteiger partial charge is 0.392 e. The van der Waals surface area contributed by atoms with Crippen molar-refractivity contribution < 1.29 is 5.11 Å². The Morgan fingerprint density at radius 1 is 1.17 bits per heavy atom. The predicted molar refractivity (Wildman–Crippen MR) is 74.6 cm³/mol. The van der Waals surface area contributed by atoms with Gasteiger partial charge in [0, 0.05) is 0 Å². The molecule has 2 aliphatic rings. The number of fused-ring (bicyclic) bond motifs is 2. The zero-order valence-electron chi connectivity index (χ0n) is 11.5. The van der Waals surface area contributed by atoms with Gasteiger partial charge in [-0.2, -0.15) is 0 Å². The molecule has 0 aromatic heterocycles. The Labute approximate surface area is 110 Å². The summed E-state index contributed by atoms with van der Waals surface area (Å²) < 4.78 is 0. The zero-order valence-corrected chi connectivity index (χ0v) is 11.5. The second kappa shape index (κ2) is 4.70. The molecule has 18 heavy (non-hydrogen) atoms. The first-order valence-electron chi connectivity index (χ1n) is 7.38. The van der Waals surface area contributed by atoms with E-state index in [0.717, 1.165) is 18.3 Å². The van der Waals surface area contributed by atoms with Gasteiger partial charge < -0.3 is 5.11 Å². The summed E-state index contributed by atoms with van der Waals surface area (Å²) in [5.41, 5.74) is 4.03. The van der Waals surface area contributed by atoms with Gasteiger partial charge in [0.15, 0.2) is 0 Å². The summed E-state index contributed by atoms with van der Waals surface area (Å²) >= 11 is 0. The molecule has 4 atom stereocenters. The Hall–Kier alpha value is -0.820. The number of benzene rings is 1. The summed E-state index contributed by atoms with van der Waals surface area (Å²) in [5, 5.41) is 10.6. The minimum absolute atomic E-state index is 0.125. The van der Waals surface area contributed by atoms with Gasteiger partial charge in [0.2, 0.25) is 0 Å². The lowest BCUT2D eigenvalue weighted by atomic mass is 9.81. The molecule has 1 aromatic rings. The van der Waals surface area contributed by atoms with E-state index in [-0.39, 0.29) is 6.10 Å². The average molecular weight is 244 g/mol. The predicted octanol–water partition coefficient (Wildman–Crippen LogP) is 3.64. The molecule has 0 heterocycles. The summed E-state index contributed by atoms with van der Waals surface area (Å²) in [4.78, 5) is 0. The molecule has 3 rings (SSSR count). The fourth-order valence-electron chi connectivity index (χ4n) is 4.30. The Kier molecular flexibility index (Phi) is 3.19. The third kappa shape index (κ3) is 2.09. The monoisotopic (exact) mass is 244 g/mol. The third-order valence-corrected chi connectivity index (χ3v) is 5.34. The Balaban J connectivity index is 1.73. The number of aryl methyl sites for hydroxylation is 2. The van der Waals surface area contributed by atoms with Crippen molar-refractivity contribution in [2.45, 2.75) is 52.1 Å². The van der Waals surface area contributed by atoms with Crippen LogP contribution in [-0.2, 0) is 6.42 Å². The van der Waals surface area contributed by atoms with Crippen LogP contribution in [0.25, 0.3) is 0 Å². The van der Waals surface area contributed by atoms with Crippen LogP contribution in [0.2, 0.25) is 0 Å². The molecule has 0 radical (unpaired) electrons. The van der Waals surface area contributed by atoms with Gasteiger partial charge >= 0.3 is 0 Å². The maximum Gasteiger partial charge on any atom is 0.0611 e. The van der Waals surface area contributed by atoms with Crippen LogP contribution in [0.4, 0.5) is 0 Å². The second-order valence-corrected chi connectivity index (χ2v) is 6.48. The highest BCUT2D eigenvalue weighted by Gasteiger charge is 2.42. The van der Waals surface area contributed by atoms with Crippen molar-refractivity contribution in [2.24, 2.45) is 17.8 Å². The lowest BCUT2D eigenvalue weighted by molar-refractivity contribution is 0.0748. The summed E-state index contributed by atoms with van der Waals surface area (Å²) in [5.74, 6) is 2.31. The summed E-state index contributed by atoms with van der Waals surface area (Å²) in [6, 6.07) is 6.43. The molecule has 0 amide bonds. The Morgan fingerprint density at radius 2 is 1.89 bits per heavy atom. The van der Waals surface area contributed by atoms with Gasteiger partial charge in [0.1, 0.15) is 0 Å². The molecule has 98 valence electrons. The van der Waals surface area contributed by atoms with Gasteiger partial charge in [-0.1, -0.05) is 24.6 Å². The first kappa shape index (κ1) is 12.2. The van der Waals surface area contributed by atoms with Crippen molar-refractivity contribution in [3.63, 3.8) is 0 Å². The average Bonchev–Trinajstić information content (AvgIpc) is 2.96. The van der Waals surface area contributed by atoms with Crippen molar-refractivity contribution in [1.29, 1.82) is 0 Å². The second-order valence-electron chi connectivity index (χ2n) is 6.48. The highest BCUT2D eigenvalue weighted by atomic mass is 16.3. The maximum absolute atomic E-state index is 10.6. The van der Waals surface area contributed by atoms with Crippen LogP contribution in [-0.4, -0.2) is 11.2 Å². The van der Waals surface area contributed by atoms with E-state index >= 15 is 0 Å². The third-order valence-electron chi connectivity index (χ3n) is 5.34. The molecule has 1 nitrogen and oxygen atoms in total. The van der Waals surface area contributed by atoms with Crippen LogP contribution in [0.5, 0.6) is 0 Å². The van der Waals surface area contributed by atoms with Gasteiger partial charge in [-0.05, 0) is 74.0 Å². The first-order valence-corrected chi connectivity index (χ1v) is 7.38. The Morgan fingerprint density at radius 3 is 2.44 bits per heavy atom. The number of rotatable bonds is 3. The molecule has 1 aromatic carbocycles. The normalized spacial score (nSPS) is 31.8. The maximum atomic E-state index is 10.6.